The van der Waals surface area contributed by atoms with E-state index in [1.54, 1.807) is 37.3 Å². The standard InChI is InChI=1S/C19H17Cl2NO5/c1-10(14-5-4-13(20)8-15(14)21)22-18(23)11(2)27-19(24)12-3-6-16-17(7-12)26-9-25-16/h3-8,10-11H,9H2,1-2H3,(H,22,23)/t10-,11+/m0/s1. The fraction of sp³-hybridized carbons (Fsp3) is 0.263. The number of carbonyl (C=O) groups excluding carboxylic acids is 2. The summed E-state index contributed by atoms with van der Waals surface area (Å²) < 4.78 is 15.7. The summed E-state index contributed by atoms with van der Waals surface area (Å²) >= 11 is 12.0. The molecule has 142 valence electrons. The number of ether oxygens (including phenoxy) is 3. The maximum absolute atomic E-state index is 12.4. The first-order valence-corrected chi connectivity index (χ1v) is 8.96. The number of carbonyl (C=O) groups is 2. The number of nitrogens with one attached hydrogen (secondary N) is 1. The van der Waals surface area contributed by atoms with Crippen molar-refractivity contribution in [2.75, 3.05) is 6.79 Å². The highest BCUT2D eigenvalue weighted by Gasteiger charge is 2.23. The highest BCUT2D eigenvalue weighted by atomic mass is 35.5. The number of hydrogen-bond donors (Lipinski definition) is 1. The van der Waals surface area contributed by atoms with Crippen molar-refractivity contribution in [2.45, 2.75) is 26.0 Å². The first kappa shape index (κ1) is 19.3. The molecule has 0 fully saturated rings. The van der Waals surface area contributed by atoms with Crippen LogP contribution in [0.25, 0.3) is 0 Å². The van der Waals surface area contributed by atoms with Gasteiger partial charge in [0.05, 0.1) is 11.6 Å². The fourth-order valence-electron chi connectivity index (χ4n) is 2.57. The molecule has 0 aliphatic carbocycles. The van der Waals surface area contributed by atoms with Gasteiger partial charge >= 0.3 is 5.97 Å². The summed E-state index contributed by atoms with van der Waals surface area (Å²) in [6.07, 6.45) is -0.989. The number of benzene rings is 2. The van der Waals surface area contributed by atoms with Gasteiger partial charge in [-0.05, 0) is 49.7 Å². The van der Waals surface area contributed by atoms with Crippen molar-refractivity contribution in [3.63, 3.8) is 0 Å². The molecule has 1 heterocycles. The summed E-state index contributed by atoms with van der Waals surface area (Å²) in [4.78, 5) is 24.6. The minimum absolute atomic E-state index is 0.109. The van der Waals surface area contributed by atoms with E-state index in [0.717, 1.165) is 0 Å². The summed E-state index contributed by atoms with van der Waals surface area (Å²) in [5.41, 5.74) is 0.983. The third-order valence-electron chi connectivity index (χ3n) is 4.05. The highest BCUT2D eigenvalue weighted by molar-refractivity contribution is 6.35. The monoisotopic (exact) mass is 409 g/mol. The Bertz CT molecular complexity index is 886. The van der Waals surface area contributed by atoms with Gasteiger partial charge in [0.1, 0.15) is 0 Å². The first-order chi connectivity index (χ1) is 12.8. The van der Waals surface area contributed by atoms with Crippen LogP contribution in [0.4, 0.5) is 0 Å². The van der Waals surface area contributed by atoms with E-state index in [-0.39, 0.29) is 18.4 Å². The lowest BCUT2D eigenvalue weighted by molar-refractivity contribution is -0.129. The van der Waals surface area contributed by atoms with Gasteiger partial charge in [0.25, 0.3) is 5.91 Å². The van der Waals surface area contributed by atoms with Crippen molar-refractivity contribution in [2.24, 2.45) is 0 Å². The lowest BCUT2D eigenvalue weighted by Gasteiger charge is -2.19. The van der Waals surface area contributed by atoms with E-state index in [4.69, 9.17) is 37.4 Å². The molecule has 1 N–H and O–H groups in total. The van der Waals surface area contributed by atoms with Gasteiger partial charge in [0, 0.05) is 10.0 Å². The summed E-state index contributed by atoms with van der Waals surface area (Å²) in [6.45, 7) is 3.38. The van der Waals surface area contributed by atoms with Gasteiger partial charge in [-0.25, -0.2) is 4.79 Å². The van der Waals surface area contributed by atoms with Crippen LogP contribution in [-0.2, 0) is 9.53 Å². The molecule has 0 bridgehead atoms. The molecule has 1 aliphatic rings. The second-order valence-corrected chi connectivity index (χ2v) is 6.86. The average molecular weight is 410 g/mol. The Kier molecular flexibility index (Phi) is 5.77. The Morgan fingerprint density at radius 3 is 2.56 bits per heavy atom. The third kappa shape index (κ3) is 4.46. The van der Waals surface area contributed by atoms with Gasteiger partial charge in [0.15, 0.2) is 17.6 Å². The van der Waals surface area contributed by atoms with Crippen LogP contribution in [0.3, 0.4) is 0 Å². The average Bonchev–Trinajstić information content (AvgIpc) is 3.08. The predicted molar refractivity (Wildman–Crippen MR) is 100 cm³/mol. The van der Waals surface area contributed by atoms with Gasteiger partial charge in [-0.1, -0.05) is 29.3 Å². The molecule has 6 nitrogen and oxygen atoms in total. The Hall–Kier alpha value is -2.44. The molecule has 0 unspecified atom stereocenters. The molecule has 0 saturated carbocycles. The molecule has 1 amide bonds. The number of amides is 1. The van der Waals surface area contributed by atoms with Gasteiger partial charge in [-0.15, -0.1) is 0 Å². The smallest absolute Gasteiger partial charge is 0.339 e. The van der Waals surface area contributed by atoms with Gasteiger partial charge in [0.2, 0.25) is 6.79 Å². The van der Waals surface area contributed by atoms with Gasteiger partial charge < -0.3 is 19.5 Å². The minimum Gasteiger partial charge on any atom is -0.454 e. The van der Waals surface area contributed by atoms with Gasteiger partial charge in [-0.2, -0.15) is 0 Å². The van der Waals surface area contributed by atoms with E-state index in [0.29, 0.717) is 27.1 Å². The van der Waals surface area contributed by atoms with E-state index in [2.05, 4.69) is 5.32 Å². The van der Waals surface area contributed by atoms with Crippen molar-refractivity contribution < 1.29 is 23.8 Å². The minimum atomic E-state index is -0.989. The zero-order chi connectivity index (χ0) is 19.6. The largest absolute Gasteiger partial charge is 0.454 e. The van der Waals surface area contributed by atoms with Crippen LogP contribution >= 0.6 is 23.2 Å². The van der Waals surface area contributed by atoms with Crippen molar-refractivity contribution in [3.05, 3.63) is 57.6 Å². The molecule has 1 aliphatic heterocycles. The molecule has 0 radical (unpaired) electrons. The van der Waals surface area contributed by atoms with Crippen LogP contribution in [0, 0.1) is 0 Å². The van der Waals surface area contributed by atoms with Crippen molar-refractivity contribution in [3.8, 4) is 11.5 Å². The molecule has 2 atom stereocenters. The van der Waals surface area contributed by atoms with Crippen LogP contribution < -0.4 is 14.8 Å². The number of halogens is 2. The Labute approximate surface area is 166 Å². The zero-order valence-electron chi connectivity index (χ0n) is 14.6. The van der Waals surface area contributed by atoms with E-state index in [1.165, 1.54) is 13.0 Å². The number of fused-ring (bicyclic) bond motifs is 1. The number of esters is 1. The third-order valence-corrected chi connectivity index (χ3v) is 4.61. The Morgan fingerprint density at radius 1 is 1.07 bits per heavy atom. The molecule has 3 rings (SSSR count). The maximum atomic E-state index is 12.4. The fourth-order valence-corrected chi connectivity index (χ4v) is 3.14. The lowest BCUT2D eigenvalue weighted by Crippen LogP contribution is -2.37. The van der Waals surface area contributed by atoms with Crippen LogP contribution in [0.5, 0.6) is 11.5 Å². The number of rotatable bonds is 5. The maximum Gasteiger partial charge on any atom is 0.339 e. The molecule has 0 spiro atoms. The Balaban J connectivity index is 1.60. The van der Waals surface area contributed by atoms with E-state index in [9.17, 15) is 9.59 Å². The number of hydrogen-bond acceptors (Lipinski definition) is 5. The molecule has 2 aromatic rings. The topological polar surface area (TPSA) is 73.9 Å². The lowest BCUT2D eigenvalue weighted by atomic mass is 10.1. The molecular weight excluding hydrogens is 393 g/mol. The van der Waals surface area contributed by atoms with E-state index >= 15 is 0 Å². The highest BCUT2D eigenvalue weighted by Crippen LogP contribution is 2.32. The second kappa shape index (κ2) is 8.06. The molecule has 0 aromatic heterocycles. The van der Waals surface area contributed by atoms with E-state index in [1.807, 2.05) is 0 Å². The summed E-state index contributed by atoms with van der Waals surface area (Å²) in [5, 5.41) is 3.72. The van der Waals surface area contributed by atoms with Crippen LogP contribution in [0.1, 0.15) is 35.8 Å². The molecule has 0 saturated heterocycles. The van der Waals surface area contributed by atoms with Crippen molar-refractivity contribution >= 4 is 35.1 Å². The van der Waals surface area contributed by atoms with Crippen LogP contribution in [-0.4, -0.2) is 24.8 Å². The molecule has 27 heavy (non-hydrogen) atoms. The SMILES string of the molecule is C[C@H](NC(=O)[C@@H](C)OC(=O)c1ccc2c(c1)OCO2)c1ccc(Cl)cc1Cl. The zero-order valence-corrected chi connectivity index (χ0v) is 16.1. The molecule has 2 aromatic carbocycles. The molecular formula is C19H17Cl2NO5. The summed E-state index contributed by atoms with van der Waals surface area (Å²) in [5.74, 6) is -0.0469. The quantitative estimate of drug-likeness (QED) is 0.750. The van der Waals surface area contributed by atoms with Crippen LogP contribution in [0.2, 0.25) is 10.0 Å². The predicted octanol–water partition coefficient (Wildman–Crippen LogP) is 4.14. The Morgan fingerprint density at radius 2 is 1.81 bits per heavy atom. The summed E-state index contributed by atoms with van der Waals surface area (Å²) in [6, 6.07) is 9.34. The van der Waals surface area contributed by atoms with Crippen LogP contribution in [0.15, 0.2) is 36.4 Å². The van der Waals surface area contributed by atoms with Gasteiger partial charge in [-0.3, -0.25) is 4.79 Å². The van der Waals surface area contributed by atoms with Crippen molar-refractivity contribution in [1.82, 2.24) is 5.32 Å². The van der Waals surface area contributed by atoms with E-state index < -0.39 is 18.0 Å². The second-order valence-electron chi connectivity index (χ2n) is 6.01. The molecule has 8 heteroatoms. The normalized spacial score (nSPS) is 14.4. The summed E-state index contributed by atoms with van der Waals surface area (Å²) in [7, 11) is 0. The van der Waals surface area contributed by atoms with Crippen molar-refractivity contribution in [1.29, 1.82) is 0 Å². The first-order valence-electron chi connectivity index (χ1n) is 8.21.